The monoisotopic (exact) mass is 343 g/mol. The predicted molar refractivity (Wildman–Crippen MR) is 105 cm³/mol. The standard InChI is InChI=1S/C24H22FN/c1-2-3-21-13-20-9-8-19-12-18(17-6-4-16(15-26)5-7-17)10-11-22(19)23(20)14-24(21)25/h4-12,21,24H,2-3,13-14H2,1H3/t21-,24-/m0/s1. The predicted octanol–water partition coefficient (Wildman–Crippen LogP) is 6.23. The van der Waals surface area contributed by atoms with Crippen LogP contribution in [-0.2, 0) is 12.8 Å². The van der Waals surface area contributed by atoms with Crippen LogP contribution in [0, 0.1) is 17.2 Å². The summed E-state index contributed by atoms with van der Waals surface area (Å²) in [4.78, 5) is 0. The van der Waals surface area contributed by atoms with Crippen LogP contribution in [0.1, 0.15) is 36.5 Å². The molecule has 3 aromatic rings. The molecule has 2 atom stereocenters. The van der Waals surface area contributed by atoms with E-state index in [9.17, 15) is 4.39 Å². The van der Waals surface area contributed by atoms with Crippen LogP contribution >= 0.6 is 0 Å². The molecule has 3 aromatic carbocycles. The molecule has 2 heteroatoms. The van der Waals surface area contributed by atoms with E-state index in [-0.39, 0.29) is 5.92 Å². The molecule has 1 aliphatic carbocycles. The fraction of sp³-hybridized carbons (Fsp3) is 0.292. The second-order valence-corrected chi connectivity index (χ2v) is 7.30. The Labute approximate surface area is 154 Å². The summed E-state index contributed by atoms with van der Waals surface area (Å²) in [6.45, 7) is 2.13. The lowest BCUT2D eigenvalue weighted by molar-refractivity contribution is 0.202. The Morgan fingerprint density at radius 1 is 1.00 bits per heavy atom. The molecule has 0 radical (unpaired) electrons. The molecule has 130 valence electrons. The summed E-state index contributed by atoms with van der Waals surface area (Å²) in [5.41, 5.74) is 5.39. The SMILES string of the molecule is CCC[C@H]1Cc2ccc3cc(-c4ccc(C#N)cc4)ccc3c2C[C@@H]1F. The van der Waals surface area contributed by atoms with Crippen molar-refractivity contribution in [2.75, 3.05) is 0 Å². The van der Waals surface area contributed by atoms with Crippen molar-refractivity contribution in [1.29, 1.82) is 5.26 Å². The van der Waals surface area contributed by atoms with Crippen LogP contribution in [0.5, 0.6) is 0 Å². The maximum atomic E-state index is 14.6. The highest BCUT2D eigenvalue weighted by molar-refractivity contribution is 5.91. The number of nitrogens with zero attached hydrogens (tertiary/aromatic N) is 1. The van der Waals surface area contributed by atoms with Crippen molar-refractivity contribution in [3.05, 3.63) is 71.3 Å². The molecule has 1 nitrogen and oxygen atoms in total. The van der Waals surface area contributed by atoms with Crippen molar-refractivity contribution >= 4 is 10.8 Å². The molecule has 4 rings (SSSR count). The molecule has 0 fully saturated rings. The maximum absolute atomic E-state index is 14.6. The molecular formula is C24H22FN. The first-order chi connectivity index (χ1) is 12.7. The van der Waals surface area contributed by atoms with Crippen molar-refractivity contribution in [3.8, 4) is 17.2 Å². The van der Waals surface area contributed by atoms with Crippen molar-refractivity contribution in [2.45, 2.75) is 38.8 Å². The third kappa shape index (κ3) is 2.99. The van der Waals surface area contributed by atoms with E-state index in [1.165, 1.54) is 16.5 Å². The number of hydrogen-bond donors (Lipinski definition) is 0. The Kier molecular flexibility index (Phi) is 4.47. The summed E-state index contributed by atoms with van der Waals surface area (Å²) < 4.78 is 14.6. The first-order valence-electron chi connectivity index (χ1n) is 9.38. The smallest absolute Gasteiger partial charge is 0.107 e. The van der Waals surface area contributed by atoms with Crippen LogP contribution in [0.15, 0.2) is 54.6 Å². The average molecular weight is 343 g/mol. The van der Waals surface area contributed by atoms with Crippen molar-refractivity contribution in [1.82, 2.24) is 0 Å². The average Bonchev–Trinajstić information content (AvgIpc) is 2.68. The third-order valence-corrected chi connectivity index (χ3v) is 5.63. The molecule has 0 aromatic heterocycles. The van der Waals surface area contributed by atoms with Gasteiger partial charge < -0.3 is 0 Å². The highest BCUT2D eigenvalue weighted by Gasteiger charge is 2.28. The van der Waals surface area contributed by atoms with Crippen LogP contribution in [0.25, 0.3) is 21.9 Å². The quantitative estimate of drug-likeness (QED) is 0.553. The number of nitriles is 1. The Hall–Kier alpha value is -2.66. The highest BCUT2D eigenvalue weighted by atomic mass is 19.1. The summed E-state index contributed by atoms with van der Waals surface area (Å²) in [6.07, 6.45) is 2.68. The van der Waals surface area contributed by atoms with Crippen LogP contribution < -0.4 is 0 Å². The van der Waals surface area contributed by atoms with Crippen molar-refractivity contribution in [3.63, 3.8) is 0 Å². The van der Waals surface area contributed by atoms with Crippen molar-refractivity contribution < 1.29 is 4.39 Å². The van der Waals surface area contributed by atoms with Gasteiger partial charge in [0.15, 0.2) is 0 Å². The van der Waals surface area contributed by atoms with Gasteiger partial charge in [-0.25, -0.2) is 4.39 Å². The van der Waals surface area contributed by atoms with Gasteiger partial charge in [0.05, 0.1) is 11.6 Å². The Morgan fingerprint density at radius 2 is 1.77 bits per heavy atom. The molecule has 0 N–H and O–H groups in total. The Bertz CT molecular complexity index is 982. The summed E-state index contributed by atoms with van der Waals surface area (Å²) in [5.74, 6) is 0.169. The summed E-state index contributed by atoms with van der Waals surface area (Å²) in [7, 11) is 0. The van der Waals surface area contributed by atoms with Gasteiger partial charge in [0, 0.05) is 6.42 Å². The van der Waals surface area contributed by atoms with E-state index in [0.29, 0.717) is 12.0 Å². The van der Waals surface area contributed by atoms with Gasteiger partial charge in [0.2, 0.25) is 0 Å². The van der Waals surface area contributed by atoms with Gasteiger partial charge in [-0.15, -0.1) is 0 Å². The van der Waals surface area contributed by atoms with E-state index in [1.54, 1.807) is 0 Å². The molecule has 0 amide bonds. The zero-order valence-electron chi connectivity index (χ0n) is 15.0. The highest BCUT2D eigenvalue weighted by Crippen LogP contribution is 2.36. The minimum Gasteiger partial charge on any atom is -0.247 e. The molecular weight excluding hydrogens is 321 g/mol. The summed E-state index contributed by atoms with van der Waals surface area (Å²) >= 11 is 0. The molecule has 0 heterocycles. The third-order valence-electron chi connectivity index (χ3n) is 5.63. The number of hydrogen-bond acceptors (Lipinski definition) is 1. The Morgan fingerprint density at radius 3 is 2.50 bits per heavy atom. The first kappa shape index (κ1) is 16.8. The topological polar surface area (TPSA) is 23.8 Å². The minimum absolute atomic E-state index is 0.169. The zero-order valence-corrected chi connectivity index (χ0v) is 15.0. The van der Waals surface area contributed by atoms with E-state index in [0.717, 1.165) is 35.8 Å². The molecule has 1 aliphatic rings. The van der Waals surface area contributed by atoms with Gasteiger partial charge in [0.25, 0.3) is 0 Å². The number of fused-ring (bicyclic) bond motifs is 3. The number of rotatable bonds is 3. The van der Waals surface area contributed by atoms with Crippen LogP contribution in [0.2, 0.25) is 0 Å². The first-order valence-corrected chi connectivity index (χ1v) is 9.38. The lowest BCUT2D eigenvalue weighted by Crippen LogP contribution is -2.26. The fourth-order valence-corrected chi connectivity index (χ4v) is 4.21. The van der Waals surface area contributed by atoms with Crippen LogP contribution in [0.3, 0.4) is 0 Å². The van der Waals surface area contributed by atoms with Gasteiger partial charge in [-0.2, -0.15) is 5.26 Å². The zero-order chi connectivity index (χ0) is 18.1. The van der Waals surface area contributed by atoms with Crippen LogP contribution in [0.4, 0.5) is 4.39 Å². The van der Waals surface area contributed by atoms with Crippen LogP contribution in [-0.4, -0.2) is 6.17 Å². The van der Waals surface area contributed by atoms with Crippen molar-refractivity contribution in [2.24, 2.45) is 5.92 Å². The van der Waals surface area contributed by atoms with Gasteiger partial charge in [0.1, 0.15) is 6.17 Å². The maximum Gasteiger partial charge on any atom is 0.107 e. The normalized spacial score (nSPS) is 19.1. The fourth-order valence-electron chi connectivity index (χ4n) is 4.21. The number of alkyl halides is 1. The molecule has 0 bridgehead atoms. The molecule has 0 aliphatic heterocycles. The van der Waals surface area contributed by atoms with E-state index >= 15 is 0 Å². The molecule has 0 unspecified atom stereocenters. The molecule has 26 heavy (non-hydrogen) atoms. The number of halogens is 1. The van der Waals surface area contributed by atoms with Gasteiger partial charge in [-0.05, 0) is 70.0 Å². The number of benzene rings is 3. The molecule has 0 saturated heterocycles. The lowest BCUT2D eigenvalue weighted by Gasteiger charge is -2.29. The Balaban J connectivity index is 1.73. The van der Waals surface area contributed by atoms with Gasteiger partial charge in [-0.1, -0.05) is 49.7 Å². The minimum atomic E-state index is -0.730. The lowest BCUT2D eigenvalue weighted by atomic mass is 9.78. The summed E-state index contributed by atoms with van der Waals surface area (Å²) in [5, 5.41) is 11.3. The van der Waals surface area contributed by atoms with E-state index < -0.39 is 6.17 Å². The second-order valence-electron chi connectivity index (χ2n) is 7.30. The molecule has 0 spiro atoms. The van der Waals surface area contributed by atoms with E-state index in [1.807, 2.05) is 24.3 Å². The van der Waals surface area contributed by atoms with Gasteiger partial charge in [-0.3, -0.25) is 0 Å². The molecule has 0 saturated carbocycles. The second kappa shape index (κ2) is 6.92. The largest absolute Gasteiger partial charge is 0.247 e. The summed E-state index contributed by atoms with van der Waals surface area (Å²) in [6, 6.07) is 20.6. The van der Waals surface area contributed by atoms with E-state index in [4.69, 9.17) is 5.26 Å². The van der Waals surface area contributed by atoms with E-state index in [2.05, 4.69) is 43.3 Å². The van der Waals surface area contributed by atoms with Gasteiger partial charge >= 0.3 is 0 Å².